The second-order valence-corrected chi connectivity index (χ2v) is 6.07. The lowest BCUT2D eigenvalue weighted by Crippen LogP contribution is -2.44. The van der Waals surface area contributed by atoms with E-state index in [0.29, 0.717) is 24.4 Å². The van der Waals surface area contributed by atoms with Crippen LogP contribution >= 0.6 is 12.4 Å². The number of nitrogens with zero attached hydrogens (tertiary/aromatic N) is 1. The number of halogens is 2. The van der Waals surface area contributed by atoms with Gasteiger partial charge in [0.2, 0.25) is 5.91 Å². The number of rotatable bonds is 7. The summed E-state index contributed by atoms with van der Waals surface area (Å²) in [5.41, 5.74) is 0.576. The maximum absolute atomic E-state index is 12.8. The van der Waals surface area contributed by atoms with Crippen molar-refractivity contribution in [1.82, 2.24) is 10.2 Å². The van der Waals surface area contributed by atoms with Crippen LogP contribution in [0.1, 0.15) is 49.4 Å². The maximum atomic E-state index is 12.8. The number of carbonyl (C=O) groups is 2. The summed E-state index contributed by atoms with van der Waals surface area (Å²) in [5.74, 6) is -0.136. The van der Waals surface area contributed by atoms with Gasteiger partial charge in [-0.25, -0.2) is 4.39 Å². The average molecular weight is 357 g/mol. The Morgan fingerprint density at radius 2 is 1.83 bits per heavy atom. The topological polar surface area (TPSA) is 49.4 Å². The Morgan fingerprint density at radius 1 is 1.21 bits per heavy atom. The van der Waals surface area contributed by atoms with E-state index in [2.05, 4.69) is 10.2 Å². The molecular formula is C18H26ClFN2O2. The van der Waals surface area contributed by atoms with Gasteiger partial charge in [-0.15, -0.1) is 12.4 Å². The highest BCUT2D eigenvalue weighted by Gasteiger charge is 2.20. The molecule has 1 aliphatic rings. The van der Waals surface area contributed by atoms with Gasteiger partial charge in [-0.1, -0.05) is 6.92 Å². The predicted octanol–water partition coefficient (Wildman–Crippen LogP) is 3.20. The van der Waals surface area contributed by atoms with Crippen molar-refractivity contribution in [3.8, 4) is 0 Å². The largest absolute Gasteiger partial charge is 0.353 e. The van der Waals surface area contributed by atoms with E-state index in [1.165, 1.54) is 12.1 Å². The van der Waals surface area contributed by atoms with E-state index in [1.54, 1.807) is 12.1 Å². The van der Waals surface area contributed by atoms with Gasteiger partial charge in [0.15, 0.2) is 5.78 Å². The molecule has 1 aliphatic heterocycles. The fourth-order valence-electron chi connectivity index (χ4n) is 2.87. The molecule has 1 amide bonds. The molecule has 1 heterocycles. The molecule has 1 aromatic carbocycles. The van der Waals surface area contributed by atoms with E-state index < -0.39 is 0 Å². The summed E-state index contributed by atoms with van der Waals surface area (Å²) in [7, 11) is 0. The lowest BCUT2D eigenvalue weighted by atomic mass is 10.0. The predicted molar refractivity (Wildman–Crippen MR) is 95.1 cm³/mol. The fourth-order valence-corrected chi connectivity index (χ4v) is 2.87. The lowest BCUT2D eigenvalue weighted by molar-refractivity contribution is -0.121. The summed E-state index contributed by atoms with van der Waals surface area (Å²) in [5, 5.41) is 3.04. The summed E-state index contributed by atoms with van der Waals surface area (Å²) in [4.78, 5) is 25.7. The molecule has 0 aliphatic carbocycles. The third kappa shape index (κ3) is 6.57. The Labute approximate surface area is 149 Å². The normalized spacial score (nSPS) is 15.6. The first-order chi connectivity index (χ1) is 11.1. The zero-order valence-corrected chi connectivity index (χ0v) is 14.9. The molecule has 0 bridgehead atoms. The van der Waals surface area contributed by atoms with Crippen molar-refractivity contribution in [1.29, 1.82) is 0 Å². The molecule has 4 nitrogen and oxygen atoms in total. The van der Waals surface area contributed by atoms with Crippen LogP contribution in [-0.2, 0) is 4.79 Å². The van der Waals surface area contributed by atoms with Crippen LogP contribution < -0.4 is 5.32 Å². The summed E-state index contributed by atoms with van der Waals surface area (Å²) in [6, 6.07) is 6.02. The van der Waals surface area contributed by atoms with Gasteiger partial charge < -0.3 is 10.2 Å². The molecule has 6 heteroatoms. The van der Waals surface area contributed by atoms with Crippen LogP contribution in [0.15, 0.2) is 24.3 Å². The summed E-state index contributed by atoms with van der Waals surface area (Å²) >= 11 is 0. The molecule has 0 spiro atoms. The minimum atomic E-state index is -0.320. The van der Waals surface area contributed by atoms with E-state index in [4.69, 9.17) is 0 Å². The molecule has 134 valence electrons. The molecule has 1 saturated heterocycles. The monoisotopic (exact) mass is 356 g/mol. The van der Waals surface area contributed by atoms with Crippen molar-refractivity contribution in [3.05, 3.63) is 35.6 Å². The van der Waals surface area contributed by atoms with Crippen LogP contribution in [0.2, 0.25) is 0 Å². The summed E-state index contributed by atoms with van der Waals surface area (Å²) < 4.78 is 12.8. The number of nitrogens with one attached hydrogen (secondary N) is 1. The van der Waals surface area contributed by atoms with Crippen LogP contribution in [0.25, 0.3) is 0 Å². The van der Waals surface area contributed by atoms with Crippen LogP contribution in [-0.4, -0.2) is 42.3 Å². The van der Waals surface area contributed by atoms with Crippen LogP contribution in [0, 0.1) is 5.82 Å². The third-order valence-electron chi connectivity index (χ3n) is 4.32. The zero-order valence-electron chi connectivity index (χ0n) is 14.1. The van der Waals surface area contributed by atoms with Crippen LogP contribution in [0.4, 0.5) is 4.39 Å². The number of likely N-dealkylation sites (tertiary alicyclic amines) is 1. The van der Waals surface area contributed by atoms with Crippen molar-refractivity contribution in [3.63, 3.8) is 0 Å². The Kier molecular flexibility index (Phi) is 8.93. The van der Waals surface area contributed by atoms with E-state index in [9.17, 15) is 14.0 Å². The van der Waals surface area contributed by atoms with Gasteiger partial charge >= 0.3 is 0 Å². The first-order valence-electron chi connectivity index (χ1n) is 8.39. The Hall–Kier alpha value is -1.46. The first kappa shape index (κ1) is 20.6. The van der Waals surface area contributed by atoms with E-state index in [-0.39, 0.29) is 29.9 Å². The van der Waals surface area contributed by atoms with Gasteiger partial charge in [0, 0.05) is 37.5 Å². The Balaban J connectivity index is 0.00000288. The van der Waals surface area contributed by atoms with Gasteiger partial charge in [0.25, 0.3) is 0 Å². The van der Waals surface area contributed by atoms with Crippen LogP contribution in [0.5, 0.6) is 0 Å². The molecule has 0 atom stereocenters. The number of hydrogen-bond acceptors (Lipinski definition) is 3. The van der Waals surface area contributed by atoms with Gasteiger partial charge in [-0.2, -0.15) is 0 Å². The lowest BCUT2D eigenvalue weighted by Gasteiger charge is -2.32. The number of Topliss-reactive ketones (excluding diaryl/α,β-unsaturated/α-hetero) is 1. The number of amides is 1. The summed E-state index contributed by atoms with van der Waals surface area (Å²) in [6.45, 7) is 4.67. The smallest absolute Gasteiger partial charge is 0.219 e. The zero-order chi connectivity index (χ0) is 16.7. The Morgan fingerprint density at radius 3 is 2.42 bits per heavy atom. The Bertz CT molecular complexity index is 528. The number of hydrogen-bond donors (Lipinski definition) is 1. The number of benzene rings is 1. The molecule has 0 radical (unpaired) electrons. The second-order valence-electron chi connectivity index (χ2n) is 6.07. The highest BCUT2D eigenvalue weighted by molar-refractivity contribution is 5.95. The SMILES string of the molecule is CCC(=O)NC1CCN(CCCC(=O)c2ccc(F)cc2)CC1.Cl. The van der Waals surface area contributed by atoms with Gasteiger partial charge in [0.1, 0.15) is 5.82 Å². The molecule has 1 aromatic rings. The number of carbonyl (C=O) groups excluding carboxylic acids is 2. The number of piperidine rings is 1. The van der Waals surface area contributed by atoms with Crippen molar-refractivity contribution in [2.45, 2.75) is 45.1 Å². The minimum Gasteiger partial charge on any atom is -0.353 e. The molecular weight excluding hydrogens is 331 g/mol. The molecule has 0 aromatic heterocycles. The maximum Gasteiger partial charge on any atom is 0.219 e. The molecule has 0 saturated carbocycles. The highest BCUT2D eigenvalue weighted by Crippen LogP contribution is 2.13. The highest BCUT2D eigenvalue weighted by atomic mass is 35.5. The van der Waals surface area contributed by atoms with Gasteiger partial charge in [-0.05, 0) is 50.1 Å². The van der Waals surface area contributed by atoms with E-state index in [1.807, 2.05) is 6.92 Å². The molecule has 2 rings (SSSR count). The van der Waals surface area contributed by atoms with Gasteiger partial charge in [-0.3, -0.25) is 9.59 Å². The fraction of sp³-hybridized carbons (Fsp3) is 0.556. The second kappa shape index (κ2) is 10.4. The molecule has 0 unspecified atom stereocenters. The van der Waals surface area contributed by atoms with Gasteiger partial charge in [0.05, 0.1) is 0 Å². The van der Waals surface area contributed by atoms with Crippen molar-refractivity contribution >= 4 is 24.1 Å². The standard InChI is InChI=1S/C18H25FN2O2.ClH/c1-2-18(23)20-16-9-12-21(13-10-16)11-3-4-17(22)14-5-7-15(19)8-6-14;/h5-8,16H,2-4,9-13H2,1H3,(H,20,23);1H. The third-order valence-corrected chi connectivity index (χ3v) is 4.32. The van der Waals surface area contributed by atoms with E-state index in [0.717, 1.165) is 38.9 Å². The quantitative estimate of drug-likeness (QED) is 0.763. The molecule has 24 heavy (non-hydrogen) atoms. The first-order valence-corrected chi connectivity index (χ1v) is 8.39. The minimum absolute atomic E-state index is 0. The summed E-state index contributed by atoms with van der Waals surface area (Å²) in [6.07, 6.45) is 3.77. The molecule has 1 N–H and O–H groups in total. The number of ketones is 1. The van der Waals surface area contributed by atoms with Crippen LogP contribution in [0.3, 0.4) is 0 Å². The molecule has 1 fully saturated rings. The average Bonchev–Trinajstić information content (AvgIpc) is 2.57. The van der Waals surface area contributed by atoms with E-state index >= 15 is 0 Å². The van der Waals surface area contributed by atoms with Crippen molar-refractivity contribution < 1.29 is 14.0 Å². The van der Waals surface area contributed by atoms with Crippen molar-refractivity contribution in [2.24, 2.45) is 0 Å². The van der Waals surface area contributed by atoms with Crippen molar-refractivity contribution in [2.75, 3.05) is 19.6 Å².